The van der Waals surface area contributed by atoms with Gasteiger partial charge in [-0.1, -0.05) is 59.4 Å². The second-order valence-corrected chi connectivity index (χ2v) is 7.65. The number of unbranched alkanes of at least 4 members (excludes halogenated alkanes) is 2. The molecule has 1 atom stereocenters. The molecule has 0 fully saturated rings. The molecule has 0 aromatic heterocycles. The Labute approximate surface area is 164 Å². The summed E-state index contributed by atoms with van der Waals surface area (Å²) in [4.78, 5) is 24.5. The zero-order valence-corrected chi connectivity index (χ0v) is 17.5. The molecule has 152 valence electrons. The van der Waals surface area contributed by atoms with E-state index in [2.05, 4.69) is 27.7 Å². The normalized spacial score (nSPS) is 12.0. The molecule has 1 unspecified atom stereocenters. The summed E-state index contributed by atoms with van der Waals surface area (Å²) in [6.07, 6.45) is 7.66. The lowest BCUT2D eigenvalue weighted by Crippen LogP contribution is -2.15. The molecule has 0 radical (unpaired) electrons. The first-order valence-electron chi connectivity index (χ1n) is 10.4. The summed E-state index contributed by atoms with van der Waals surface area (Å²) in [5, 5.41) is 0. The maximum Gasteiger partial charge on any atom is 0.338 e. The van der Waals surface area contributed by atoms with Gasteiger partial charge >= 0.3 is 11.9 Å². The molecule has 0 saturated heterocycles. The number of carbonyl (C=O) groups is 2. The standard InChI is InChI=1S/C23H36O4/c1-5-7-8-11-19(10-6-2)17-27-23(25)21-13-9-12-20(16-21)22(24)26-15-14-18(3)4/h9,12-13,16,18-19H,5-8,10-11,14-15,17H2,1-4H3. The minimum atomic E-state index is -0.395. The quantitative estimate of drug-likeness (QED) is 0.311. The summed E-state index contributed by atoms with van der Waals surface area (Å²) in [6, 6.07) is 6.60. The average molecular weight is 377 g/mol. The molecule has 4 nitrogen and oxygen atoms in total. The molecule has 0 bridgehead atoms. The molecule has 0 amide bonds. The van der Waals surface area contributed by atoms with Gasteiger partial charge in [-0.05, 0) is 49.3 Å². The molecule has 0 spiro atoms. The molecule has 1 aromatic carbocycles. The molecule has 0 N–H and O–H groups in total. The summed E-state index contributed by atoms with van der Waals surface area (Å²) < 4.78 is 10.8. The lowest BCUT2D eigenvalue weighted by Gasteiger charge is -2.16. The second kappa shape index (κ2) is 13.3. The molecule has 1 rings (SSSR count). The van der Waals surface area contributed by atoms with Crippen LogP contribution in [-0.4, -0.2) is 25.2 Å². The van der Waals surface area contributed by atoms with Gasteiger partial charge in [-0.2, -0.15) is 0 Å². The third-order valence-electron chi connectivity index (χ3n) is 4.63. The van der Waals surface area contributed by atoms with E-state index in [1.54, 1.807) is 24.3 Å². The van der Waals surface area contributed by atoms with E-state index >= 15 is 0 Å². The van der Waals surface area contributed by atoms with Gasteiger partial charge in [-0.25, -0.2) is 9.59 Å². The van der Waals surface area contributed by atoms with Crippen LogP contribution in [0.2, 0.25) is 0 Å². The van der Waals surface area contributed by atoms with Crippen molar-refractivity contribution in [2.45, 2.75) is 72.6 Å². The fourth-order valence-electron chi connectivity index (χ4n) is 2.92. The van der Waals surface area contributed by atoms with Gasteiger partial charge in [-0.15, -0.1) is 0 Å². The fourth-order valence-corrected chi connectivity index (χ4v) is 2.92. The Bertz CT molecular complexity index is 565. The van der Waals surface area contributed by atoms with Crippen LogP contribution in [0.3, 0.4) is 0 Å². The molecule has 4 heteroatoms. The van der Waals surface area contributed by atoms with Crippen LogP contribution in [0.15, 0.2) is 24.3 Å². The van der Waals surface area contributed by atoms with Crippen molar-refractivity contribution in [3.63, 3.8) is 0 Å². The van der Waals surface area contributed by atoms with Crippen molar-refractivity contribution in [3.05, 3.63) is 35.4 Å². The minimum Gasteiger partial charge on any atom is -0.462 e. The molecular formula is C23H36O4. The second-order valence-electron chi connectivity index (χ2n) is 7.65. The molecular weight excluding hydrogens is 340 g/mol. The lowest BCUT2D eigenvalue weighted by molar-refractivity contribution is 0.0423. The summed E-state index contributed by atoms with van der Waals surface area (Å²) in [6.45, 7) is 9.34. The van der Waals surface area contributed by atoms with Crippen LogP contribution >= 0.6 is 0 Å². The van der Waals surface area contributed by atoms with E-state index in [4.69, 9.17) is 9.47 Å². The Morgan fingerprint density at radius 2 is 1.56 bits per heavy atom. The Balaban J connectivity index is 2.57. The van der Waals surface area contributed by atoms with Gasteiger partial charge in [0.1, 0.15) is 0 Å². The zero-order chi connectivity index (χ0) is 20.1. The van der Waals surface area contributed by atoms with Crippen LogP contribution in [0.1, 0.15) is 93.4 Å². The fraction of sp³-hybridized carbons (Fsp3) is 0.652. The molecule has 0 aliphatic carbocycles. The van der Waals surface area contributed by atoms with Crippen molar-refractivity contribution in [2.75, 3.05) is 13.2 Å². The van der Waals surface area contributed by atoms with Crippen LogP contribution in [0.5, 0.6) is 0 Å². The predicted octanol–water partition coefficient (Wildman–Crippen LogP) is 6.04. The molecule has 0 saturated carbocycles. The average Bonchev–Trinajstić information content (AvgIpc) is 2.65. The minimum absolute atomic E-state index is 0.372. The highest BCUT2D eigenvalue weighted by Gasteiger charge is 2.15. The van der Waals surface area contributed by atoms with Gasteiger partial charge in [-0.3, -0.25) is 0 Å². The maximum absolute atomic E-state index is 12.4. The number of hydrogen-bond donors (Lipinski definition) is 0. The largest absolute Gasteiger partial charge is 0.462 e. The topological polar surface area (TPSA) is 52.6 Å². The van der Waals surface area contributed by atoms with E-state index in [0.29, 0.717) is 36.2 Å². The third-order valence-corrected chi connectivity index (χ3v) is 4.63. The van der Waals surface area contributed by atoms with E-state index in [1.807, 2.05) is 0 Å². The maximum atomic E-state index is 12.4. The number of rotatable bonds is 13. The van der Waals surface area contributed by atoms with E-state index in [-0.39, 0.29) is 5.97 Å². The molecule has 0 aliphatic heterocycles. The first-order chi connectivity index (χ1) is 13.0. The first-order valence-corrected chi connectivity index (χ1v) is 10.4. The Kier molecular flexibility index (Phi) is 11.5. The molecule has 0 aliphatic rings. The third kappa shape index (κ3) is 9.60. The van der Waals surface area contributed by atoms with Crippen LogP contribution in [-0.2, 0) is 9.47 Å². The van der Waals surface area contributed by atoms with Crippen LogP contribution in [0.25, 0.3) is 0 Å². The lowest BCUT2D eigenvalue weighted by atomic mass is 9.97. The summed E-state index contributed by atoms with van der Waals surface area (Å²) in [7, 11) is 0. The summed E-state index contributed by atoms with van der Waals surface area (Å²) in [5.74, 6) is 0.124. The Morgan fingerprint density at radius 3 is 2.15 bits per heavy atom. The van der Waals surface area contributed by atoms with Crippen molar-refractivity contribution in [2.24, 2.45) is 11.8 Å². The zero-order valence-electron chi connectivity index (χ0n) is 17.5. The number of ether oxygens (including phenoxy) is 2. The summed E-state index contributed by atoms with van der Waals surface area (Å²) >= 11 is 0. The van der Waals surface area contributed by atoms with Gasteiger partial charge in [0.2, 0.25) is 0 Å². The number of esters is 2. The molecule has 0 heterocycles. The molecule has 27 heavy (non-hydrogen) atoms. The van der Waals surface area contributed by atoms with Gasteiger partial charge < -0.3 is 9.47 Å². The molecule has 1 aromatic rings. The monoisotopic (exact) mass is 376 g/mol. The van der Waals surface area contributed by atoms with Crippen molar-refractivity contribution in [1.82, 2.24) is 0 Å². The number of hydrogen-bond acceptors (Lipinski definition) is 4. The van der Waals surface area contributed by atoms with Crippen LogP contribution in [0.4, 0.5) is 0 Å². The van der Waals surface area contributed by atoms with Gasteiger partial charge in [0.15, 0.2) is 0 Å². The Morgan fingerprint density at radius 1 is 0.889 bits per heavy atom. The van der Waals surface area contributed by atoms with Crippen molar-refractivity contribution in [3.8, 4) is 0 Å². The predicted molar refractivity (Wildman–Crippen MR) is 109 cm³/mol. The van der Waals surface area contributed by atoms with Gasteiger partial charge in [0.05, 0.1) is 24.3 Å². The number of carbonyl (C=O) groups excluding carboxylic acids is 2. The Hall–Kier alpha value is -1.84. The SMILES string of the molecule is CCCCCC(CCC)COC(=O)c1cccc(C(=O)OCCC(C)C)c1. The van der Waals surface area contributed by atoms with Crippen molar-refractivity contribution >= 4 is 11.9 Å². The highest BCUT2D eigenvalue weighted by Crippen LogP contribution is 2.17. The first kappa shape index (κ1) is 23.2. The van der Waals surface area contributed by atoms with Gasteiger partial charge in [0.25, 0.3) is 0 Å². The highest BCUT2D eigenvalue weighted by atomic mass is 16.5. The number of benzene rings is 1. The van der Waals surface area contributed by atoms with E-state index in [9.17, 15) is 9.59 Å². The van der Waals surface area contributed by atoms with Crippen LogP contribution < -0.4 is 0 Å². The van der Waals surface area contributed by atoms with E-state index < -0.39 is 5.97 Å². The van der Waals surface area contributed by atoms with Crippen LogP contribution in [0, 0.1) is 11.8 Å². The van der Waals surface area contributed by atoms with Crippen molar-refractivity contribution in [1.29, 1.82) is 0 Å². The smallest absolute Gasteiger partial charge is 0.338 e. The highest BCUT2D eigenvalue weighted by molar-refractivity contribution is 5.95. The summed E-state index contributed by atoms with van der Waals surface area (Å²) in [5.41, 5.74) is 0.790. The van der Waals surface area contributed by atoms with Crippen molar-refractivity contribution < 1.29 is 19.1 Å². The van der Waals surface area contributed by atoms with Gasteiger partial charge in [0, 0.05) is 0 Å². The van der Waals surface area contributed by atoms with E-state index in [0.717, 1.165) is 25.7 Å². The van der Waals surface area contributed by atoms with E-state index in [1.165, 1.54) is 19.3 Å².